The Morgan fingerprint density at radius 2 is 1.12 bits per heavy atom. The molecule has 0 heteroatoms. The minimum Gasteiger partial charge on any atom is -0.0648 e. The smallest absolute Gasteiger partial charge is 0.0193 e. The molecular weight excluding hydrogens is 192 g/mol. The second-order valence-corrected chi connectivity index (χ2v) is 3.87. The summed E-state index contributed by atoms with van der Waals surface area (Å²) in [7, 11) is 0. The molecule has 84 valence electrons. The summed E-state index contributed by atoms with van der Waals surface area (Å²) < 4.78 is 0. The maximum Gasteiger partial charge on any atom is -0.0193 e. The lowest BCUT2D eigenvalue weighted by Gasteiger charge is -2.06. The molecule has 0 saturated heterocycles. The molecule has 0 aromatic heterocycles. The fraction of sp³-hybridized carbons (Fsp3) is 0.250. The molecule has 0 heterocycles. The standard InChI is InChI=1S/C10H14.C6H6/c1-3-9(2)10-7-5-4-6-8-10;1-2-4-6-5-3-1/h4-9H,3H2,1-2H3;1-6H. The van der Waals surface area contributed by atoms with Gasteiger partial charge < -0.3 is 0 Å². The Labute approximate surface area is 99.0 Å². The van der Waals surface area contributed by atoms with Crippen LogP contribution in [0.2, 0.25) is 0 Å². The van der Waals surface area contributed by atoms with Crippen LogP contribution < -0.4 is 0 Å². The van der Waals surface area contributed by atoms with Gasteiger partial charge in [-0.15, -0.1) is 0 Å². The SMILES string of the molecule is CCC(C)c1ccccc1.c1ccccc1. The van der Waals surface area contributed by atoms with E-state index in [0.29, 0.717) is 5.92 Å². The van der Waals surface area contributed by atoms with E-state index in [1.807, 2.05) is 36.4 Å². The second kappa shape index (κ2) is 7.70. The first kappa shape index (κ1) is 12.5. The summed E-state index contributed by atoms with van der Waals surface area (Å²) in [5, 5.41) is 0. The summed E-state index contributed by atoms with van der Waals surface area (Å²) in [6.45, 7) is 4.48. The number of benzene rings is 2. The predicted octanol–water partition coefficient (Wildman–Crippen LogP) is 4.89. The van der Waals surface area contributed by atoms with Gasteiger partial charge in [0.15, 0.2) is 0 Å². The van der Waals surface area contributed by atoms with Gasteiger partial charge in [-0.05, 0) is 17.9 Å². The highest BCUT2D eigenvalue weighted by atomic mass is 14.0. The maximum absolute atomic E-state index is 2.26. The van der Waals surface area contributed by atoms with Gasteiger partial charge in [0.1, 0.15) is 0 Å². The molecule has 16 heavy (non-hydrogen) atoms. The van der Waals surface area contributed by atoms with Crippen molar-refractivity contribution in [3.63, 3.8) is 0 Å². The van der Waals surface area contributed by atoms with Gasteiger partial charge >= 0.3 is 0 Å². The normalized spacial score (nSPS) is 11.1. The van der Waals surface area contributed by atoms with Crippen LogP contribution in [0.15, 0.2) is 66.7 Å². The maximum atomic E-state index is 2.26. The Morgan fingerprint density at radius 3 is 1.50 bits per heavy atom. The van der Waals surface area contributed by atoms with E-state index < -0.39 is 0 Å². The molecule has 2 aromatic carbocycles. The van der Waals surface area contributed by atoms with E-state index in [-0.39, 0.29) is 0 Å². The lowest BCUT2D eigenvalue weighted by atomic mass is 9.99. The summed E-state index contributed by atoms with van der Waals surface area (Å²) in [5.74, 6) is 0.709. The van der Waals surface area contributed by atoms with Crippen molar-refractivity contribution in [1.82, 2.24) is 0 Å². The zero-order chi connectivity index (χ0) is 11.6. The fourth-order valence-corrected chi connectivity index (χ4v) is 1.40. The molecule has 2 rings (SSSR count). The van der Waals surface area contributed by atoms with Gasteiger partial charge in [0.05, 0.1) is 0 Å². The van der Waals surface area contributed by atoms with Crippen LogP contribution in [0.25, 0.3) is 0 Å². The Balaban J connectivity index is 0.000000181. The van der Waals surface area contributed by atoms with Gasteiger partial charge in [0.25, 0.3) is 0 Å². The van der Waals surface area contributed by atoms with Gasteiger partial charge in [-0.1, -0.05) is 80.6 Å². The zero-order valence-electron chi connectivity index (χ0n) is 10.1. The van der Waals surface area contributed by atoms with E-state index in [2.05, 4.69) is 44.2 Å². The van der Waals surface area contributed by atoms with Gasteiger partial charge in [-0.2, -0.15) is 0 Å². The molecule has 0 radical (unpaired) electrons. The molecular formula is C16H20. The van der Waals surface area contributed by atoms with Crippen molar-refractivity contribution in [3.05, 3.63) is 72.3 Å². The fourth-order valence-electron chi connectivity index (χ4n) is 1.40. The topological polar surface area (TPSA) is 0 Å². The summed E-state index contributed by atoms with van der Waals surface area (Å²) >= 11 is 0. The molecule has 0 saturated carbocycles. The Kier molecular flexibility index (Phi) is 6.02. The molecule has 0 aliphatic heterocycles. The van der Waals surface area contributed by atoms with E-state index in [9.17, 15) is 0 Å². The molecule has 0 aliphatic carbocycles. The first-order valence-corrected chi connectivity index (χ1v) is 5.89. The first-order chi connectivity index (χ1) is 7.84. The van der Waals surface area contributed by atoms with Crippen molar-refractivity contribution >= 4 is 0 Å². The number of hydrogen-bond donors (Lipinski definition) is 0. The molecule has 2 aromatic rings. The molecule has 1 unspecified atom stereocenters. The molecule has 0 bridgehead atoms. The average Bonchev–Trinajstić information content (AvgIpc) is 2.41. The highest BCUT2D eigenvalue weighted by molar-refractivity contribution is 5.18. The predicted molar refractivity (Wildman–Crippen MR) is 71.6 cm³/mol. The molecule has 0 nitrogen and oxygen atoms in total. The van der Waals surface area contributed by atoms with Crippen molar-refractivity contribution < 1.29 is 0 Å². The monoisotopic (exact) mass is 212 g/mol. The van der Waals surface area contributed by atoms with Crippen molar-refractivity contribution in [2.45, 2.75) is 26.2 Å². The Hall–Kier alpha value is -1.56. The number of rotatable bonds is 2. The minimum absolute atomic E-state index is 0.709. The summed E-state index contributed by atoms with van der Waals surface area (Å²) in [6, 6.07) is 22.6. The van der Waals surface area contributed by atoms with Crippen LogP contribution in [0.5, 0.6) is 0 Å². The largest absolute Gasteiger partial charge is 0.0648 e. The molecule has 0 amide bonds. The lowest BCUT2D eigenvalue weighted by Crippen LogP contribution is -1.88. The zero-order valence-corrected chi connectivity index (χ0v) is 10.1. The highest BCUT2D eigenvalue weighted by Crippen LogP contribution is 2.16. The van der Waals surface area contributed by atoms with Crippen molar-refractivity contribution in [3.8, 4) is 0 Å². The summed E-state index contributed by atoms with van der Waals surface area (Å²) in [4.78, 5) is 0. The molecule has 0 spiro atoms. The molecule has 0 fully saturated rings. The van der Waals surface area contributed by atoms with E-state index in [1.54, 1.807) is 0 Å². The van der Waals surface area contributed by atoms with Crippen molar-refractivity contribution in [2.75, 3.05) is 0 Å². The van der Waals surface area contributed by atoms with Crippen LogP contribution >= 0.6 is 0 Å². The summed E-state index contributed by atoms with van der Waals surface area (Å²) in [5.41, 5.74) is 1.45. The van der Waals surface area contributed by atoms with Gasteiger partial charge in [0.2, 0.25) is 0 Å². The van der Waals surface area contributed by atoms with Crippen LogP contribution in [0.4, 0.5) is 0 Å². The molecule has 1 atom stereocenters. The van der Waals surface area contributed by atoms with E-state index >= 15 is 0 Å². The quantitative estimate of drug-likeness (QED) is 0.665. The van der Waals surface area contributed by atoms with E-state index in [0.717, 1.165) is 0 Å². The second-order valence-electron chi connectivity index (χ2n) is 3.87. The lowest BCUT2D eigenvalue weighted by molar-refractivity contribution is 0.733. The third-order valence-electron chi connectivity index (χ3n) is 2.65. The number of hydrogen-bond acceptors (Lipinski definition) is 0. The van der Waals surface area contributed by atoms with Crippen LogP contribution in [0, 0.1) is 0 Å². The van der Waals surface area contributed by atoms with Crippen molar-refractivity contribution in [2.24, 2.45) is 0 Å². The Morgan fingerprint density at radius 1 is 0.750 bits per heavy atom. The van der Waals surface area contributed by atoms with Crippen LogP contribution in [0.1, 0.15) is 31.7 Å². The molecule has 0 aliphatic rings. The van der Waals surface area contributed by atoms with Crippen molar-refractivity contribution in [1.29, 1.82) is 0 Å². The van der Waals surface area contributed by atoms with E-state index in [4.69, 9.17) is 0 Å². The first-order valence-electron chi connectivity index (χ1n) is 5.89. The highest BCUT2D eigenvalue weighted by Gasteiger charge is 1.98. The van der Waals surface area contributed by atoms with Gasteiger partial charge in [0, 0.05) is 0 Å². The van der Waals surface area contributed by atoms with Crippen LogP contribution in [-0.4, -0.2) is 0 Å². The van der Waals surface area contributed by atoms with Gasteiger partial charge in [-0.3, -0.25) is 0 Å². The average molecular weight is 212 g/mol. The van der Waals surface area contributed by atoms with Crippen LogP contribution in [0.3, 0.4) is 0 Å². The summed E-state index contributed by atoms with van der Waals surface area (Å²) in [6.07, 6.45) is 1.23. The van der Waals surface area contributed by atoms with Gasteiger partial charge in [-0.25, -0.2) is 0 Å². The van der Waals surface area contributed by atoms with E-state index in [1.165, 1.54) is 12.0 Å². The molecule has 0 N–H and O–H groups in total. The third-order valence-corrected chi connectivity index (χ3v) is 2.65. The van der Waals surface area contributed by atoms with Crippen LogP contribution in [-0.2, 0) is 0 Å². The third kappa shape index (κ3) is 4.79. The Bertz CT molecular complexity index is 324. The minimum atomic E-state index is 0.709.